The lowest BCUT2D eigenvalue weighted by atomic mass is 10.2. The van der Waals surface area contributed by atoms with Gasteiger partial charge in [-0.2, -0.15) is 4.98 Å². The second-order valence-corrected chi connectivity index (χ2v) is 8.42. The Morgan fingerprint density at radius 1 is 1.20 bits per heavy atom. The molecule has 0 saturated carbocycles. The van der Waals surface area contributed by atoms with Crippen molar-refractivity contribution in [1.82, 2.24) is 14.7 Å². The molecule has 10 heteroatoms. The lowest BCUT2D eigenvalue weighted by Gasteiger charge is -2.17. The van der Waals surface area contributed by atoms with Gasteiger partial charge in [-0.25, -0.2) is 18.1 Å². The molecule has 0 spiro atoms. The molecule has 2 heterocycles. The van der Waals surface area contributed by atoms with Gasteiger partial charge in [-0.1, -0.05) is 0 Å². The third-order valence-electron chi connectivity index (χ3n) is 3.66. The third kappa shape index (κ3) is 4.20. The maximum Gasteiger partial charge on any atom is 0.240 e. The van der Waals surface area contributed by atoms with Gasteiger partial charge in [-0.05, 0) is 40.5 Å². The van der Waals surface area contributed by atoms with E-state index < -0.39 is 10.0 Å². The molecular formula is C15H19BrN6O2S. The number of benzene rings is 1. The van der Waals surface area contributed by atoms with Gasteiger partial charge in [0.15, 0.2) is 0 Å². The molecule has 3 rings (SSSR count). The summed E-state index contributed by atoms with van der Waals surface area (Å²) in [6.45, 7) is 0.915. The number of sulfonamides is 1. The summed E-state index contributed by atoms with van der Waals surface area (Å²) in [6.07, 6.45) is 2.28. The minimum atomic E-state index is -3.59. The highest BCUT2D eigenvalue weighted by molar-refractivity contribution is 9.10. The van der Waals surface area contributed by atoms with Crippen molar-refractivity contribution >= 4 is 49.1 Å². The lowest BCUT2D eigenvalue weighted by molar-refractivity contribution is 0.580. The maximum absolute atomic E-state index is 12.6. The molecule has 0 radical (unpaired) electrons. The Kier molecular flexibility index (Phi) is 5.11. The quantitative estimate of drug-likeness (QED) is 0.642. The Labute approximate surface area is 155 Å². The summed E-state index contributed by atoms with van der Waals surface area (Å²) in [5.41, 5.74) is 1.36. The Bertz CT molecular complexity index is 888. The first-order valence-electron chi connectivity index (χ1n) is 7.71. The summed E-state index contributed by atoms with van der Waals surface area (Å²) in [5.74, 6) is 1.04. The van der Waals surface area contributed by atoms with Crippen LogP contribution in [0.1, 0.15) is 6.42 Å². The Balaban J connectivity index is 2.10. The fourth-order valence-electron chi connectivity index (χ4n) is 2.33. The van der Waals surface area contributed by atoms with Gasteiger partial charge in [0.2, 0.25) is 16.0 Å². The predicted octanol–water partition coefficient (Wildman–Crippen LogP) is 2.14. The Hall–Kier alpha value is -1.91. The van der Waals surface area contributed by atoms with E-state index in [9.17, 15) is 8.42 Å². The Morgan fingerprint density at radius 2 is 2.00 bits per heavy atom. The van der Waals surface area contributed by atoms with Gasteiger partial charge in [0, 0.05) is 44.8 Å². The number of aromatic nitrogens is 2. The van der Waals surface area contributed by atoms with E-state index in [0.717, 1.165) is 10.2 Å². The molecule has 1 aliphatic rings. The fraction of sp³-hybridized carbons (Fsp3) is 0.333. The zero-order valence-corrected chi connectivity index (χ0v) is 16.3. The van der Waals surface area contributed by atoms with Gasteiger partial charge in [0.05, 0.1) is 9.37 Å². The van der Waals surface area contributed by atoms with Crippen LogP contribution >= 0.6 is 15.9 Å². The van der Waals surface area contributed by atoms with E-state index in [1.165, 1.54) is 0 Å². The second kappa shape index (κ2) is 7.14. The molecule has 0 aliphatic carbocycles. The van der Waals surface area contributed by atoms with Crippen molar-refractivity contribution in [3.8, 4) is 0 Å². The highest BCUT2D eigenvalue weighted by atomic mass is 79.9. The molecule has 1 aromatic heterocycles. The number of nitrogens with one attached hydrogen (secondary N) is 3. The zero-order chi connectivity index (χ0) is 18.0. The molecule has 2 aromatic rings. The van der Waals surface area contributed by atoms with E-state index >= 15 is 0 Å². The average Bonchev–Trinajstić information content (AvgIpc) is 2.56. The SMILES string of the molecule is CN(C)c1cc2cc(c1)S(=O)(=O)NCCCNc1nc(ncc1Br)N2. The number of fused-ring (bicyclic) bond motifs is 4. The molecule has 0 amide bonds. The largest absolute Gasteiger partial charge is 0.378 e. The topological polar surface area (TPSA) is 99.3 Å². The van der Waals surface area contributed by atoms with Crippen molar-refractivity contribution in [1.29, 1.82) is 0 Å². The first-order valence-corrected chi connectivity index (χ1v) is 9.98. The molecule has 1 aromatic carbocycles. The summed E-state index contributed by atoms with van der Waals surface area (Å²) in [5, 5.41) is 6.25. The van der Waals surface area contributed by atoms with Gasteiger partial charge < -0.3 is 15.5 Å². The molecule has 0 unspecified atom stereocenters. The highest BCUT2D eigenvalue weighted by Gasteiger charge is 2.17. The van der Waals surface area contributed by atoms with Gasteiger partial charge in [0.1, 0.15) is 5.82 Å². The number of hydrogen-bond donors (Lipinski definition) is 3. The number of halogens is 1. The average molecular weight is 427 g/mol. The van der Waals surface area contributed by atoms with E-state index in [4.69, 9.17) is 0 Å². The van der Waals surface area contributed by atoms with E-state index in [1.807, 2.05) is 25.1 Å². The van der Waals surface area contributed by atoms with E-state index in [-0.39, 0.29) is 4.90 Å². The third-order valence-corrected chi connectivity index (χ3v) is 5.68. The minimum Gasteiger partial charge on any atom is -0.378 e. The molecule has 134 valence electrons. The van der Waals surface area contributed by atoms with Crippen LogP contribution in [-0.2, 0) is 10.0 Å². The van der Waals surface area contributed by atoms with Crippen LogP contribution < -0.4 is 20.3 Å². The van der Waals surface area contributed by atoms with Crippen molar-refractivity contribution in [2.24, 2.45) is 0 Å². The summed E-state index contributed by atoms with van der Waals surface area (Å²) in [4.78, 5) is 10.7. The van der Waals surface area contributed by atoms with Crippen molar-refractivity contribution in [2.45, 2.75) is 11.3 Å². The normalized spacial score (nSPS) is 16.4. The van der Waals surface area contributed by atoms with Gasteiger partial charge in [-0.15, -0.1) is 0 Å². The van der Waals surface area contributed by atoms with Crippen LogP contribution in [0.15, 0.2) is 33.8 Å². The summed E-state index contributed by atoms with van der Waals surface area (Å²) in [6, 6.07) is 5.06. The van der Waals surface area contributed by atoms with E-state index in [1.54, 1.807) is 18.3 Å². The standard InChI is InChI=1S/C15H19BrN6O2S/c1-22(2)11-6-10-7-12(8-11)25(23,24)19-5-3-4-17-14-13(16)9-18-15(20-10)21-14/h6-9,19H,3-5H2,1-2H3,(H2,17,18,20,21). The highest BCUT2D eigenvalue weighted by Crippen LogP contribution is 2.27. The van der Waals surface area contributed by atoms with Crippen LogP contribution in [0.3, 0.4) is 0 Å². The summed E-state index contributed by atoms with van der Waals surface area (Å²) < 4.78 is 28.5. The van der Waals surface area contributed by atoms with Crippen molar-refractivity contribution in [2.75, 3.05) is 42.7 Å². The molecule has 3 N–H and O–H groups in total. The molecule has 0 atom stereocenters. The first-order chi connectivity index (χ1) is 11.8. The van der Waals surface area contributed by atoms with Crippen molar-refractivity contribution in [3.05, 3.63) is 28.9 Å². The van der Waals surface area contributed by atoms with Crippen LogP contribution in [0.4, 0.5) is 23.1 Å². The molecular weight excluding hydrogens is 408 g/mol. The van der Waals surface area contributed by atoms with Gasteiger partial charge in [-0.3, -0.25) is 0 Å². The van der Waals surface area contributed by atoms with Crippen LogP contribution in [0.25, 0.3) is 0 Å². The van der Waals surface area contributed by atoms with Gasteiger partial charge >= 0.3 is 0 Å². The molecule has 0 fully saturated rings. The Morgan fingerprint density at radius 3 is 2.76 bits per heavy atom. The van der Waals surface area contributed by atoms with Crippen LogP contribution in [0.2, 0.25) is 0 Å². The lowest BCUT2D eigenvalue weighted by Crippen LogP contribution is -2.26. The number of rotatable bonds is 1. The van der Waals surface area contributed by atoms with Crippen LogP contribution in [0.5, 0.6) is 0 Å². The second-order valence-electron chi connectivity index (χ2n) is 5.80. The molecule has 0 saturated heterocycles. The van der Waals surface area contributed by atoms with Crippen molar-refractivity contribution in [3.63, 3.8) is 0 Å². The number of hydrogen-bond acceptors (Lipinski definition) is 7. The predicted molar refractivity (Wildman–Crippen MR) is 102 cm³/mol. The first kappa shape index (κ1) is 17.9. The smallest absolute Gasteiger partial charge is 0.240 e. The van der Waals surface area contributed by atoms with Crippen molar-refractivity contribution < 1.29 is 8.42 Å². The van der Waals surface area contributed by atoms with Crippen LogP contribution in [-0.4, -0.2) is 45.6 Å². The maximum atomic E-state index is 12.6. The minimum absolute atomic E-state index is 0.200. The molecule has 1 aliphatic heterocycles. The number of nitrogens with zero attached hydrogens (tertiary/aromatic N) is 3. The summed E-state index contributed by atoms with van der Waals surface area (Å²) >= 11 is 3.41. The van der Waals surface area contributed by atoms with E-state index in [2.05, 4.69) is 41.3 Å². The molecule has 4 bridgehead atoms. The monoisotopic (exact) mass is 426 g/mol. The van der Waals surface area contributed by atoms with Crippen LogP contribution in [0, 0.1) is 0 Å². The molecule has 25 heavy (non-hydrogen) atoms. The number of anilines is 4. The zero-order valence-electron chi connectivity index (χ0n) is 13.9. The van der Waals surface area contributed by atoms with E-state index in [0.29, 0.717) is 37.0 Å². The fourth-order valence-corrected chi connectivity index (χ4v) is 3.80. The van der Waals surface area contributed by atoms with Gasteiger partial charge in [0.25, 0.3) is 0 Å². The molecule has 8 nitrogen and oxygen atoms in total. The summed E-state index contributed by atoms with van der Waals surface area (Å²) in [7, 11) is 0.119.